The average molecular weight is 385 g/mol. The van der Waals surface area contributed by atoms with Crippen molar-refractivity contribution in [3.63, 3.8) is 0 Å². The van der Waals surface area contributed by atoms with Gasteiger partial charge in [0.25, 0.3) is 5.91 Å². The molecule has 6 atom stereocenters. The quantitative estimate of drug-likeness (QED) is 0.217. The van der Waals surface area contributed by atoms with Gasteiger partial charge in [0.1, 0.15) is 40.6 Å². The van der Waals surface area contributed by atoms with Gasteiger partial charge in [-0.05, 0) is 12.1 Å². The van der Waals surface area contributed by atoms with Crippen molar-refractivity contribution in [1.82, 2.24) is 5.32 Å². The first-order chi connectivity index (χ1) is 11.1. The molecule has 2 unspecified atom stereocenters. The Labute approximate surface area is 165 Å². The summed E-state index contributed by atoms with van der Waals surface area (Å²) >= 11 is 0. The van der Waals surface area contributed by atoms with Gasteiger partial charge >= 0.3 is 29.6 Å². The van der Waals surface area contributed by atoms with E-state index in [1.807, 2.05) is 0 Å². The van der Waals surface area contributed by atoms with Crippen LogP contribution in [0.1, 0.15) is 10.4 Å². The van der Waals surface area contributed by atoms with Crippen molar-refractivity contribution in [3.05, 3.63) is 29.8 Å². The molecule has 25 heavy (non-hydrogen) atoms. The molecule has 0 spiro atoms. The van der Waals surface area contributed by atoms with Crippen LogP contribution in [-0.2, 0) is 10.1 Å². The van der Waals surface area contributed by atoms with Crippen molar-refractivity contribution in [2.24, 2.45) is 0 Å². The van der Waals surface area contributed by atoms with Crippen molar-refractivity contribution in [3.8, 4) is 0 Å². The van der Waals surface area contributed by atoms with Gasteiger partial charge in [-0.1, -0.05) is 12.1 Å². The van der Waals surface area contributed by atoms with Gasteiger partial charge in [0, 0.05) is 0 Å². The molecule has 1 fully saturated rings. The number of amides is 1. The average Bonchev–Trinajstić information content (AvgIpc) is 2.54. The maximum absolute atomic E-state index is 12.2. The monoisotopic (exact) mass is 385 g/mol. The smallest absolute Gasteiger partial charge is 0.744 e. The second-order valence-corrected chi connectivity index (χ2v) is 6.75. The van der Waals surface area contributed by atoms with Gasteiger partial charge in [-0.15, -0.1) is 0 Å². The second kappa shape index (κ2) is 8.39. The molecule has 0 radical (unpaired) electrons. The predicted octanol–water partition coefficient (Wildman–Crippen LogP) is -6.49. The van der Waals surface area contributed by atoms with Crippen molar-refractivity contribution in [2.45, 2.75) is 41.5 Å². The molecule has 1 saturated carbocycles. The molecule has 0 bridgehead atoms. The summed E-state index contributed by atoms with van der Waals surface area (Å²) in [6.07, 6.45) is -9.21. The number of hydrogen-bond acceptors (Lipinski definition) is 9. The zero-order chi connectivity index (χ0) is 18.2. The summed E-state index contributed by atoms with van der Waals surface area (Å²) in [6.45, 7) is 0. The number of nitrogens with one attached hydrogen (secondary N) is 1. The predicted molar refractivity (Wildman–Crippen MR) is 75.7 cm³/mol. The van der Waals surface area contributed by atoms with Crippen LogP contribution in [0.5, 0.6) is 0 Å². The molecule has 10 nitrogen and oxygen atoms in total. The largest absolute Gasteiger partial charge is 1.00 e. The minimum atomic E-state index is -4.95. The molecule has 134 valence electrons. The van der Waals surface area contributed by atoms with Crippen molar-refractivity contribution in [1.29, 1.82) is 0 Å². The van der Waals surface area contributed by atoms with Crippen molar-refractivity contribution in [2.75, 3.05) is 0 Å². The van der Waals surface area contributed by atoms with E-state index in [4.69, 9.17) is 0 Å². The van der Waals surface area contributed by atoms with E-state index in [9.17, 15) is 43.3 Å². The van der Waals surface area contributed by atoms with Gasteiger partial charge in [-0.25, -0.2) is 8.42 Å². The van der Waals surface area contributed by atoms with Gasteiger partial charge in [0.15, 0.2) is 0 Å². The molecular formula is C13H16NNaO9S. The zero-order valence-corrected chi connectivity index (χ0v) is 15.9. The van der Waals surface area contributed by atoms with E-state index in [1.165, 1.54) is 12.1 Å². The normalized spacial score (nSPS) is 32.6. The van der Waals surface area contributed by atoms with E-state index >= 15 is 0 Å². The Hall–Kier alpha value is -0.600. The van der Waals surface area contributed by atoms with Crippen LogP contribution in [0, 0.1) is 0 Å². The third kappa shape index (κ3) is 4.57. The molecule has 1 aliphatic rings. The first-order valence-electron chi connectivity index (χ1n) is 6.82. The number of benzene rings is 1. The van der Waals surface area contributed by atoms with E-state index in [0.29, 0.717) is 0 Å². The maximum atomic E-state index is 12.2. The van der Waals surface area contributed by atoms with E-state index in [1.54, 1.807) is 0 Å². The Kier molecular flexibility index (Phi) is 7.53. The van der Waals surface area contributed by atoms with Crippen LogP contribution in [0.25, 0.3) is 0 Å². The van der Waals surface area contributed by atoms with Gasteiger partial charge < -0.3 is 35.4 Å². The molecule has 0 aromatic heterocycles. The van der Waals surface area contributed by atoms with Crippen LogP contribution >= 0.6 is 0 Å². The Bertz CT molecular complexity index is 712. The molecule has 1 aliphatic carbocycles. The van der Waals surface area contributed by atoms with Crippen LogP contribution in [-0.4, -0.2) is 81.0 Å². The zero-order valence-electron chi connectivity index (χ0n) is 13.1. The van der Waals surface area contributed by atoms with Crippen LogP contribution < -0.4 is 34.9 Å². The Morgan fingerprint density at radius 2 is 1.36 bits per heavy atom. The van der Waals surface area contributed by atoms with E-state index in [-0.39, 0.29) is 29.6 Å². The summed E-state index contributed by atoms with van der Waals surface area (Å²) in [7, 11) is -4.95. The number of hydrogen-bond donors (Lipinski definition) is 6. The maximum Gasteiger partial charge on any atom is 1.00 e. The number of aliphatic hydroxyl groups is 5. The van der Waals surface area contributed by atoms with E-state index in [0.717, 1.165) is 12.1 Å². The number of carbonyl (C=O) groups is 1. The number of rotatable bonds is 3. The van der Waals surface area contributed by atoms with E-state index < -0.39 is 63.0 Å². The fourth-order valence-electron chi connectivity index (χ4n) is 2.51. The Balaban J connectivity index is 0.00000312. The van der Waals surface area contributed by atoms with Gasteiger partial charge in [0.05, 0.1) is 16.5 Å². The Morgan fingerprint density at radius 3 is 1.84 bits per heavy atom. The summed E-state index contributed by atoms with van der Waals surface area (Å²) in [6, 6.07) is 2.89. The van der Waals surface area contributed by atoms with E-state index in [2.05, 4.69) is 5.32 Å². The molecule has 1 aromatic rings. The van der Waals surface area contributed by atoms with Gasteiger partial charge in [-0.3, -0.25) is 4.79 Å². The SMILES string of the molecule is O=C(NC1[C@H](O)[C@H](O)C(O)[C@H](O)[C@H]1O)c1ccccc1S(=O)(=O)[O-].[Na+]. The second-order valence-electron chi connectivity index (χ2n) is 5.40. The molecule has 1 aromatic carbocycles. The summed E-state index contributed by atoms with van der Waals surface area (Å²) in [4.78, 5) is 11.4. The fourth-order valence-corrected chi connectivity index (χ4v) is 3.18. The van der Waals surface area contributed by atoms with Crippen molar-refractivity contribution >= 4 is 16.0 Å². The molecule has 0 saturated heterocycles. The molecule has 2 rings (SSSR count). The van der Waals surface area contributed by atoms with Gasteiger partial charge in [0.2, 0.25) is 0 Å². The van der Waals surface area contributed by atoms with Crippen LogP contribution in [0.2, 0.25) is 0 Å². The topological polar surface area (TPSA) is 187 Å². The molecule has 12 heteroatoms. The van der Waals surface area contributed by atoms with Crippen LogP contribution in [0.4, 0.5) is 0 Å². The fraction of sp³-hybridized carbons (Fsp3) is 0.462. The number of carbonyl (C=O) groups excluding carboxylic acids is 1. The van der Waals surface area contributed by atoms with Crippen LogP contribution in [0.3, 0.4) is 0 Å². The molecular weight excluding hydrogens is 369 g/mol. The summed E-state index contributed by atoms with van der Waals surface area (Å²) in [5.74, 6) is -1.12. The molecule has 0 aliphatic heterocycles. The first-order valence-corrected chi connectivity index (χ1v) is 8.22. The van der Waals surface area contributed by atoms with Crippen molar-refractivity contribution < 1.29 is 72.9 Å². The third-order valence-corrected chi connectivity index (χ3v) is 4.73. The van der Waals surface area contributed by atoms with Gasteiger partial charge in [-0.2, -0.15) is 0 Å². The standard InChI is InChI=1S/C13H17NO9S.Na/c15-8-7(9(16)11(18)12(19)10(8)17)14-13(20)5-3-1-2-4-6(5)24(21,22)23;/h1-4,7-12,15-19H,(H,14,20)(H,21,22,23);/q;+1/p-1/t7?,8-,9-,10-,11+,12?;/m0./s1. The Morgan fingerprint density at radius 1 is 0.920 bits per heavy atom. The summed E-state index contributed by atoms with van der Waals surface area (Å²) in [5.41, 5.74) is -0.526. The minimum Gasteiger partial charge on any atom is -0.744 e. The summed E-state index contributed by atoms with van der Waals surface area (Å²) in [5, 5.41) is 50.4. The first kappa shape index (κ1) is 22.4. The molecule has 0 heterocycles. The molecule has 1 amide bonds. The molecule has 6 N–H and O–H groups in total. The number of aliphatic hydroxyl groups excluding tert-OH is 5. The minimum absolute atomic E-state index is 0. The third-order valence-electron chi connectivity index (χ3n) is 3.83. The van der Waals surface area contributed by atoms with Crippen LogP contribution in [0.15, 0.2) is 29.2 Å². The summed E-state index contributed by atoms with van der Waals surface area (Å²) < 4.78 is 33.5.